The molecule has 146 valence electrons. The van der Waals surface area contributed by atoms with Crippen LogP contribution >= 0.6 is 0 Å². The van der Waals surface area contributed by atoms with E-state index in [0.29, 0.717) is 18.1 Å². The number of nitrogens with one attached hydrogen (secondary N) is 1. The smallest absolute Gasteiger partial charge is 0.325 e. The van der Waals surface area contributed by atoms with Crippen molar-refractivity contribution in [2.24, 2.45) is 0 Å². The van der Waals surface area contributed by atoms with Crippen molar-refractivity contribution in [2.75, 3.05) is 0 Å². The molecule has 1 fully saturated rings. The van der Waals surface area contributed by atoms with Crippen molar-refractivity contribution < 1.29 is 14.0 Å². The van der Waals surface area contributed by atoms with Crippen molar-refractivity contribution in [1.82, 2.24) is 15.2 Å². The number of urea groups is 1. The number of amides is 3. The molecule has 2 aromatic carbocycles. The molecule has 29 heavy (non-hydrogen) atoms. The summed E-state index contributed by atoms with van der Waals surface area (Å²) >= 11 is 0. The van der Waals surface area contributed by atoms with Crippen LogP contribution in [0.2, 0.25) is 0 Å². The van der Waals surface area contributed by atoms with Crippen LogP contribution in [-0.4, -0.2) is 21.8 Å². The number of rotatable bonds is 3. The molecule has 0 bridgehead atoms. The van der Waals surface area contributed by atoms with Gasteiger partial charge < -0.3 is 9.73 Å². The van der Waals surface area contributed by atoms with E-state index in [1.54, 1.807) is 6.20 Å². The van der Waals surface area contributed by atoms with Crippen LogP contribution in [0.15, 0.2) is 65.2 Å². The van der Waals surface area contributed by atoms with Crippen LogP contribution in [0.1, 0.15) is 36.3 Å². The van der Waals surface area contributed by atoms with Gasteiger partial charge >= 0.3 is 6.03 Å². The molecule has 3 amide bonds. The number of aromatic nitrogens is 1. The summed E-state index contributed by atoms with van der Waals surface area (Å²) < 4.78 is 5.81. The predicted octanol–water partition coefficient (Wildman–Crippen LogP) is 4.02. The van der Waals surface area contributed by atoms with Gasteiger partial charge in [-0.05, 0) is 36.8 Å². The molecule has 3 aromatic rings. The molecule has 2 heterocycles. The molecule has 6 nitrogen and oxygen atoms in total. The van der Waals surface area contributed by atoms with Crippen LogP contribution in [0.3, 0.4) is 0 Å². The topological polar surface area (TPSA) is 75.4 Å². The van der Waals surface area contributed by atoms with Gasteiger partial charge in [0.2, 0.25) is 5.89 Å². The van der Waals surface area contributed by atoms with Crippen molar-refractivity contribution in [3.05, 3.63) is 77.8 Å². The first-order valence-corrected chi connectivity index (χ1v) is 9.90. The average molecular weight is 387 g/mol. The summed E-state index contributed by atoms with van der Waals surface area (Å²) in [5.74, 6) is 0.727. The highest BCUT2D eigenvalue weighted by Crippen LogP contribution is 2.39. The van der Waals surface area contributed by atoms with Crippen LogP contribution < -0.4 is 5.32 Å². The average Bonchev–Trinajstić information content (AvgIpc) is 3.25. The molecule has 0 saturated carbocycles. The Morgan fingerprint density at radius 1 is 1.03 bits per heavy atom. The first kappa shape index (κ1) is 17.7. The van der Waals surface area contributed by atoms with Gasteiger partial charge in [0.25, 0.3) is 5.91 Å². The highest BCUT2D eigenvalue weighted by atomic mass is 16.4. The quantitative estimate of drug-likeness (QED) is 0.689. The fourth-order valence-electron chi connectivity index (χ4n) is 4.37. The van der Waals surface area contributed by atoms with Gasteiger partial charge in [-0.2, -0.15) is 0 Å². The maximum Gasteiger partial charge on any atom is 0.325 e. The minimum Gasteiger partial charge on any atom is -0.439 e. The zero-order valence-electron chi connectivity index (χ0n) is 15.9. The van der Waals surface area contributed by atoms with Gasteiger partial charge in [-0.3, -0.25) is 9.69 Å². The van der Waals surface area contributed by atoms with Crippen LogP contribution in [-0.2, 0) is 23.3 Å². The van der Waals surface area contributed by atoms with E-state index in [1.165, 1.54) is 4.90 Å². The number of benzene rings is 2. The zero-order valence-corrected chi connectivity index (χ0v) is 15.9. The van der Waals surface area contributed by atoms with E-state index in [2.05, 4.69) is 10.3 Å². The molecule has 1 spiro atoms. The van der Waals surface area contributed by atoms with Crippen LogP contribution in [0.5, 0.6) is 0 Å². The lowest BCUT2D eigenvalue weighted by molar-refractivity contribution is -0.132. The number of carbonyl (C=O) groups excluding carboxylic acids is 2. The van der Waals surface area contributed by atoms with Gasteiger partial charge in [0.15, 0.2) is 5.76 Å². The lowest BCUT2D eigenvalue weighted by Gasteiger charge is -2.27. The van der Waals surface area contributed by atoms with Crippen LogP contribution in [0.25, 0.3) is 11.3 Å². The van der Waals surface area contributed by atoms with E-state index >= 15 is 0 Å². The Kier molecular flexibility index (Phi) is 4.19. The maximum absolute atomic E-state index is 13.5. The lowest BCUT2D eigenvalue weighted by atomic mass is 9.84. The third-order valence-corrected chi connectivity index (χ3v) is 5.81. The van der Waals surface area contributed by atoms with Crippen molar-refractivity contribution in [3.8, 4) is 11.3 Å². The highest BCUT2D eigenvalue weighted by Gasteiger charge is 2.53. The number of hydrogen-bond donors (Lipinski definition) is 1. The summed E-state index contributed by atoms with van der Waals surface area (Å²) in [6.07, 6.45) is 5.03. The third-order valence-electron chi connectivity index (χ3n) is 5.81. The Morgan fingerprint density at radius 3 is 2.69 bits per heavy atom. The summed E-state index contributed by atoms with van der Waals surface area (Å²) in [7, 11) is 0. The number of imide groups is 1. The second-order valence-corrected chi connectivity index (χ2v) is 7.58. The second kappa shape index (κ2) is 6.88. The molecular formula is C23H21N3O3. The standard InChI is InChI=1S/C23H21N3O3/c27-21-23(13-7-6-9-16-8-4-5-12-18(16)23)25-22(28)26(21)15-20-24-14-19(29-20)17-10-2-1-3-11-17/h1-5,8,10-12,14H,6-7,9,13,15H2,(H,25,28)/t23-/m0/s1. The van der Waals surface area contributed by atoms with Crippen molar-refractivity contribution in [2.45, 2.75) is 37.8 Å². The number of nitrogens with zero attached hydrogens (tertiary/aromatic N) is 2. The Morgan fingerprint density at radius 2 is 1.83 bits per heavy atom. The molecule has 5 rings (SSSR count). The summed E-state index contributed by atoms with van der Waals surface area (Å²) in [6.45, 7) is 0.0153. The maximum atomic E-state index is 13.5. The van der Waals surface area contributed by atoms with Gasteiger partial charge in [-0.15, -0.1) is 0 Å². The fourth-order valence-corrected chi connectivity index (χ4v) is 4.37. The number of hydrogen-bond acceptors (Lipinski definition) is 4. The van der Waals surface area contributed by atoms with Crippen LogP contribution in [0.4, 0.5) is 4.79 Å². The van der Waals surface area contributed by atoms with Crippen molar-refractivity contribution >= 4 is 11.9 Å². The predicted molar refractivity (Wildman–Crippen MR) is 107 cm³/mol. The molecule has 1 saturated heterocycles. The minimum atomic E-state index is -0.987. The molecule has 1 aliphatic heterocycles. The van der Waals surface area contributed by atoms with E-state index in [4.69, 9.17) is 4.42 Å². The van der Waals surface area contributed by atoms with E-state index in [0.717, 1.165) is 36.0 Å². The summed E-state index contributed by atoms with van der Waals surface area (Å²) in [5.41, 5.74) is 1.95. The molecule has 2 aliphatic rings. The van der Waals surface area contributed by atoms with E-state index in [9.17, 15) is 9.59 Å². The zero-order chi connectivity index (χ0) is 19.8. The Bertz CT molecular complexity index is 1080. The normalized spacial score (nSPS) is 21.2. The summed E-state index contributed by atoms with van der Waals surface area (Å²) in [6, 6.07) is 17.1. The van der Waals surface area contributed by atoms with Gasteiger partial charge in [-0.1, -0.05) is 54.6 Å². The molecule has 0 radical (unpaired) electrons. The second-order valence-electron chi connectivity index (χ2n) is 7.58. The van der Waals surface area contributed by atoms with Crippen molar-refractivity contribution in [3.63, 3.8) is 0 Å². The SMILES string of the molecule is O=C1N[C@]2(CCCCc3ccccc32)C(=O)N1Cc1ncc(-c2ccccc2)o1. The number of fused-ring (bicyclic) bond motifs is 2. The van der Waals surface area contributed by atoms with E-state index < -0.39 is 11.6 Å². The highest BCUT2D eigenvalue weighted by molar-refractivity contribution is 6.07. The van der Waals surface area contributed by atoms with E-state index in [1.807, 2.05) is 54.6 Å². The number of oxazole rings is 1. The monoisotopic (exact) mass is 387 g/mol. The fraction of sp³-hybridized carbons (Fsp3) is 0.261. The number of aryl methyl sites for hydroxylation is 1. The van der Waals surface area contributed by atoms with Gasteiger partial charge in [-0.25, -0.2) is 9.78 Å². The molecule has 6 heteroatoms. The summed E-state index contributed by atoms with van der Waals surface area (Å²) in [4.78, 5) is 31.8. The Balaban J connectivity index is 1.44. The molecule has 1 atom stereocenters. The lowest BCUT2D eigenvalue weighted by Crippen LogP contribution is -2.44. The third kappa shape index (κ3) is 2.92. The largest absolute Gasteiger partial charge is 0.439 e. The number of carbonyl (C=O) groups is 2. The first-order valence-electron chi connectivity index (χ1n) is 9.90. The summed E-state index contributed by atoms with van der Waals surface area (Å²) in [5, 5.41) is 2.99. The molecule has 1 aliphatic carbocycles. The molecule has 0 unspecified atom stereocenters. The van der Waals surface area contributed by atoms with Gasteiger partial charge in [0.05, 0.1) is 6.20 Å². The Labute approximate surface area is 168 Å². The van der Waals surface area contributed by atoms with Crippen LogP contribution in [0, 0.1) is 0 Å². The molecular weight excluding hydrogens is 366 g/mol. The molecule has 1 N–H and O–H groups in total. The first-order chi connectivity index (χ1) is 14.2. The van der Waals surface area contributed by atoms with Gasteiger partial charge in [0.1, 0.15) is 12.1 Å². The molecule has 1 aromatic heterocycles. The minimum absolute atomic E-state index is 0.0153. The van der Waals surface area contributed by atoms with Crippen molar-refractivity contribution in [1.29, 1.82) is 0 Å². The Hall–Kier alpha value is -3.41. The van der Waals surface area contributed by atoms with E-state index in [-0.39, 0.29) is 12.5 Å². The van der Waals surface area contributed by atoms with Gasteiger partial charge in [0, 0.05) is 5.56 Å².